The van der Waals surface area contributed by atoms with Crippen molar-refractivity contribution in [3.63, 3.8) is 0 Å². The highest BCUT2D eigenvalue weighted by Crippen LogP contribution is 2.24. The lowest BCUT2D eigenvalue weighted by atomic mass is 10.1. The first-order valence-corrected chi connectivity index (χ1v) is 6.87. The maximum absolute atomic E-state index is 11.7. The lowest BCUT2D eigenvalue weighted by molar-refractivity contribution is 0.178. The van der Waals surface area contributed by atoms with Gasteiger partial charge in [0.15, 0.2) is 0 Å². The Morgan fingerprint density at radius 3 is 2.88 bits per heavy atom. The smallest absolute Gasteiger partial charge is 0.242 e. The van der Waals surface area contributed by atoms with Crippen LogP contribution in [0.25, 0.3) is 0 Å². The fourth-order valence-electron chi connectivity index (χ4n) is 2.02. The number of hydrogen-bond donors (Lipinski definition) is 3. The standard InChI is InChI=1S/C10H16N2O3S/c13-9-2-1-8(5-9)6-12-16(14,15)10-3-4-11-7-10/h3-4,7-9,11-13H,1-2,5-6H2. The number of H-pyrrole nitrogens is 1. The lowest BCUT2D eigenvalue weighted by Crippen LogP contribution is -2.28. The van der Waals surface area contributed by atoms with Crippen LogP contribution in [0.3, 0.4) is 0 Å². The third-order valence-electron chi connectivity index (χ3n) is 2.96. The molecule has 1 aromatic rings. The van der Waals surface area contributed by atoms with Gasteiger partial charge < -0.3 is 10.1 Å². The first kappa shape index (κ1) is 11.6. The average Bonchev–Trinajstić information content (AvgIpc) is 2.85. The van der Waals surface area contributed by atoms with Gasteiger partial charge >= 0.3 is 0 Å². The molecule has 1 aliphatic rings. The molecule has 2 unspecified atom stereocenters. The second-order valence-corrected chi connectivity index (χ2v) is 6.00. The molecule has 1 saturated carbocycles. The number of aromatic amines is 1. The summed E-state index contributed by atoms with van der Waals surface area (Å²) in [6.07, 6.45) is 5.12. The summed E-state index contributed by atoms with van der Waals surface area (Å²) in [5, 5.41) is 9.33. The summed E-state index contributed by atoms with van der Waals surface area (Å²) >= 11 is 0. The van der Waals surface area contributed by atoms with Gasteiger partial charge in [-0.2, -0.15) is 0 Å². The molecule has 2 atom stereocenters. The fourth-order valence-corrected chi connectivity index (χ4v) is 3.11. The molecule has 0 aliphatic heterocycles. The SMILES string of the molecule is O=S(=O)(NCC1CCC(O)C1)c1cc[nH]c1. The van der Waals surface area contributed by atoms with Gasteiger partial charge in [-0.25, -0.2) is 13.1 Å². The van der Waals surface area contributed by atoms with Gasteiger partial charge in [0.1, 0.15) is 0 Å². The second-order valence-electron chi connectivity index (χ2n) is 4.23. The van der Waals surface area contributed by atoms with Crippen molar-refractivity contribution in [2.24, 2.45) is 5.92 Å². The number of hydrogen-bond acceptors (Lipinski definition) is 3. The fraction of sp³-hybridized carbons (Fsp3) is 0.600. The number of nitrogens with one attached hydrogen (secondary N) is 2. The molecule has 0 bridgehead atoms. The topological polar surface area (TPSA) is 82.2 Å². The van der Waals surface area contributed by atoms with Crippen molar-refractivity contribution in [3.05, 3.63) is 18.5 Å². The van der Waals surface area contributed by atoms with E-state index in [1.54, 1.807) is 6.20 Å². The summed E-state index contributed by atoms with van der Waals surface area (Å²) in [5.74, 6) is 0.253. The summed E-state index contributed by atoms with van der Waals surface area (Å²) in [6, 6.07) is 1.52. The van der Waals surface area contributed by atoms with Crippen molar-refractivity contribution in [2.45, 2.75) is 30.3 Å². The molecule has 1 aliphatic carbocycles. The third-order valence-corrected chi connectivity index (χ3v) is 4.38. The van der Waals surface area contributed by atoms with Crippen LogP contribution in [0.1, 0.15) is 19.3 Å². The molecule has 0 radical (unpaired) electrons. The normalized spacial score (nSPS) is 26.1. The number of rotatable bonds is 4. The largest absolute Gasteiger partial charge is 0.393 e. The van der Waals surface area contributed by atoms with E-state index < -0.39 is 10.0 Å². The van der Waals surface area contributed by atoms with E-state index >= 15 is 0 Å². The minimum absolute atomic E-state index is 0.253. The number of sulfonamides is 1. The molecular formula is C10H16N2O3S. The van der Waals surface area contributed by atoms with E-state index in [0.717, 1.165) is 12.8 Å². The number of aliphatic hydroxyl groups is 1. The van der Waals surface area contributed by atoms with Gasteiger partial charge in [0.2, 0.25) is 10.0 Å². The molecule has 16 heavy (non-hydrogen) atoms. The molecule has 1 heterocycles. The van der Waals surface area contributed by atoms with Crippen molar-refractivity contribution in [2.75, 3.05) is 6.54 Å². The molecule has 0 saturated heterocycles. The van der Waals surface area contributed by atoms with Crippen LogP contribution in [-0.2, 0) is 10.0 Å². The maximum atomic E-state index is 11.7. The van der Waals surface area contributed by atoms with E-state index in [1.807, 2.05) is 0 Å². The van der Waals surface area contributed by atoms with Crippen molar-refractivity contribution in [1.29, 1.82) is 0 Å². The minimum Gasteiger partial charge on any atom is -0.393 e. The van der Waals surface area contributed by atoms with E-state index in [1.165, 1.54) is 12.3 Å². The van der Waals surface area contributed by atoms with E-state index in [2.05, 4.69) is 9.71 Å². The van der Waals surface area contributed by atoms with Gasteiger partial charge in [0.25, 0.3) is 0 Å². The van der Waals surface area contributed by atoms with Gasteiger partial charge in [-0.15, -0.1) is 0 Å². The first-order valence-electron chi connectivity index (χ1n) is 5.38. The summed E-state index contributed by atoms with van der Waals surface area (Å²) in [4.78, 5) is 2.97. The molecule has 1 fully saturated rings. The van der Waals surface area contributed by atoms with Gasteiger partial charge in [-0.1, -0.05) is 0 Å². The Labute approximate surface area is 94.9 Å². The molecule has 3 N–H and O–H groups in total. The Morgan fingerprint density at radius 1 is 1.50 bits per heavy atom. The quantitative estimate of drug-likeness (QED) is 0.719. The van der Waals surface area contributed by atoms with E-state index in [-0.39, 0.29) is 16.9 Å². The van der Waals surface area contributed by atoms with Crippen LogP contribution in [0.5, 0.6) is 0 Å². The molecule has 5 nitrogen and oxygen atoms in total. The van der Waals surface area contributed by atoms with Crippen molar-refractivity contribution in [3.8, 4) is 0 Å². The van der Waals surface area contributed by atoms with Crippen LogP contribution in [0, 0.1) is 5.92 Å². The molecular weight excluding hydrogens is 228 g/mol. The molecule has 0 aromatic carbocycles. The Hall–Kier alpha value is -0.850. The lowest BCUT2D eigenvalue weighted by Gasteiger charge is -2.10. The molecule has 6 heteroatoms. The number of aromatic nitrogens is 1. The van der Waals surface area contributed by atoms with E-state index in [0.29, 0.717) is 13.0 Å². The molecule has 0 amide bonds. The second kappa shape index (κ2) is 4.57. The molecule has 90 valence electrons. The molecule has 2 rings (SSSR count). The van der Waals surface area contributed by atoms with Crippen LogP contribution in [0.15, 0.2) is 23.4 Å². The summed E-state index contributed by atoms with van der Waals surface area (Å²) < 4.78 is 26.0. The zero-order valence-electron chi connectivity index (χ0n) is 8.89. The molecule has 0 spiro atoms. The van der Waals surface area contributed by atoms with E-state index in [4.69, 9.17) is 0 Å². The number of aliphatic hydroxyl groups excluding tert-OH is 1. The Kier molecular flexibility index (Phi) is 3.32. The van der Waals surface area contributed by atoms with Crippen LogP contribution in [0.2, 0.25) is 0 Å². The zero-order chi connectivity index (χ0) is 11.6. The summed E-state index contributed by atoms with van der Waals surface area (Å²) in [6.45, 7) is 0.407. The predicted molar refractivity (Wildman–Crippen MR) is 59.3 cm³/mol. The highest BCUT2D eigenvalue weighted by Gasteiger charge is 2.24. The summed E-state index contributed by atoms with van der Waals surface area (Å²) in [5.41, 5.74) is 0. The summed E-state index contributed by atoms with van der Waals surface area (Å²) in [7, 11) is -3.38. The Morgan fingerprint density at radius 2 is 2.31 bits per heavy atom. The van der Waals surface area contributed by atoms with Crippen LogP contribution >= 0.6 is 0 Å². The minimum atomic E-state index is -3.38. The third kappa shape index (κ3) is 2.63. The van der Waals surface area contributed by atoms with E-state index in [9.17, 15) is 13.5 Å². The zero-order valence-corrected chi connectivity index (χ0v) is 9.70. The van der Waals surface area contributed by atoms with Crippen molar-refractivity contribution in [1.82, 2.24) is 9.71 Å². The van der Waals surface area contributed by atoms with Crippen LogP contribution in [0.4, 0.5) is 0 Å². The Bertz CT molecular complexity index is 427. The highest BCUT2D eigenvalue weighted by molar-refractivity contribution is 7.89. The maximum Gasteiger partial charge on any atom is 0.242 e. The average molecular weight is 244 g/mol. The van der Waals surface area contributed by atoms with Crippen LogP contribution < -0.4 is 4.72 Å². The van der Waals surface area contributed by atoms with Gasteiger partial charge in [0.05, 0.1) is 11.0 Å². The van der Waals surface area contributed by atoms with Crippen molar-refractivity contribution < 1.29 is 13.5 Å². The van der Waals surface area contributed by atoms with Crippen molar-refractivity contribution >= 4 is 10.0 Å². The first-order chi connectivity index (χ1) is 7.58. The highest BCUT2D eigenvalue weighted by atomic mass is 32.2. The monoisotopic (exact) mass is 244 g/mol. The van der Waals surface area contributed by atoms with Gasteiger partial charge in [-0.05, 0) is 31.2 Å². The predicted octanol–water partition coefficient (Wildman–Crippen LogP) is 0.454. The van der Waals surface area contributed by atoms with Gasteiger partial charge in [-0.3, -0.25) is 0 Å². The van der Waals surface area contributed by atoms with Crippen LogP contribution in [-0.4, -0.2) is 31.2 Å². The molecule has 1 aromatic heterocycles. The van der Waals surface area contributed by atoms with Gasteiger partial charge in [0, 0.05) is 18.9 Å². The Balaban J connectivity index is 1.91.